The van der Waals surface area contributed by atoms with Crippen molar-refractivity contribution < 1.29 is 23.8 Å². The molecule has 2 rings (SSSR count). The van der Waals surface area contributed by atoms with Gasteiger partial charge in [0.15, 0.2) is 0 Å². The minimum atomic E-state index is -0.899. The predicted molar refractivity (Wildman–Crippen MR) is 96.9 cm³/mol. The highest BCUT2D eigenvalue weighted by Gasteiger charge is 2.13. The maximum absolute atomic E-state index is 11.8. The quantitative estimate of drug-likeness (QED) is 0.467. The van der Waals surface area contributed by atoms with Gasteiger partial charge in [0, 0.05) is 17.3 Å². The first-order valence-corrected chi connectivity index (χ1v) is 7.58. The molecular weight excluding hydrogens is 338 g/mol. The van der Waals surface area contributed by atoms with Crippen molar-refractivity contribution in [1.82, 2.24) is 5.43 Å². The number of hydrogen-bond acceptors (Lipinski definition) is 6. The van der Waals surface area contributed by atoms with E-state index in [-0.39, 0.29) is 0 Å². The summed E-state index contributed by atoms with van der Waals surface area (Å²) < 4.78 is 15.3. The van der Waals surface area contributed by atoms with Gasteiger partial charge in [-0.25, -0.2) is 5.43 Å². The van der Waals surface area contributed by atoms with E-state index in [1.807, 2.05) is 0 Å². The third-order valence-electron chi connectivity index (χ3n) is 3.36. The number of ether oxygens (including phenoxy) is 3. The summed E-state index contributed by atoms with van der Waals surface area (Å²) >= 11 is 0. The van der Waals surface area contributed by atoms with Crippen LogP contribution in [0.3, 0.4) is 0 Å². The molecule has 2 amide bonds. The highest BCUT2D eigenvalue weighted by Crippen LogP contribution is 2.23. The third-order valence-corrected chi connectivity index (χ3v) is 3.36. The Hall–Kier alpha value is -3.55. The summed E-state index contributed by atoms with van der Waals surface area (Å²) in [6.07, 6.45) is 1.37. The maximum Gasteiger partial charge on any atom is 0.329 e. The van der Waals surface area contributed by atoms with Gasteiger partial charge in [-0.2, -0.15) is 5.10 Å². The molecule has 0 aliphatic heterocycles. The van der Waals surface area contributed by atoms with Gasteiger partial charge in [-0.15, -0.1) is 0 Å². The number of hydrazone groups is 1. The second kappa shape index (κ2) is 9.07. The van der Waals surface area contributed by atoms with Crippen molar-refractivity contribution in [1.29, 1.82) is 0 Å². The van der Waals surface area contributed by atoms with Crippen molar-refractivity contribution in [2.45, 2.75) is 0 Å². The molecule has 0 saturated carbocycles. The Bertz CT molecular complexity index is 803. The highest BCUT2D eigenvalue weighted by molar-refractivity contribution is 6.39. The van der Waals surface area contributed by atoms with Gasteiger partial charge in [0.25, 0.3) is 0 Å². The van der Waals surface area contributed by atoms with Gasteiger partial charge in [-0.3, -0.25) is 9.59 Å². The predicted octanol–water partition coefficient (Wildman–Crippen LogP) is 1.80. The Kier molecular flexibility index (Phi) is 6.55. The molecule has 2 aromatic rings. The van der Waals surface area contributed by atoms with E-state index in [1.165, 1.54) is 20.4 Å². The average molecular weight is 357 g/mol. The normalized spacial score (nSPS) is 10.3. The van der Waals surface area contributed by atoms with Crippen molar-refractivity contribution >= 4 is 23.7 Å². The molecule has 0 aliphatic rings. The first kappa shape index (κ1) is 18.8. The molecule has 26 heavy (non-hydrogen) atoms. The zero-order valence-corrected chi connectivity index (χ0v) is 14.6. The molecule has 0 bridgehead atoms. The Morgan fingerprint density at radius 3 is 2.15 bits per heavy atom. The van der Waals surface area contributed by atoms with E-state index in [2.05, 4.69) is 15.8 Å². The second-order valence-electron chi connectivity index (χ2n) is 4.99. The smallest absolute Gasteiger partial charge is 0.329 e. The molecule has 0 atom stereocenters. The van der Waals surface area contributed by atoms with Crippen molar-refractivity contribution in [3.63, 3.8) is 0 Å². The van der Waals surface area contributed by atoms with Gasteiger partial charge in [-0.05, 0) is 36.4 Å². The van der Waals surface area contributed by atoms with Crippen molar-refractivity contribution in [3.8, 4) is 17.2 Å². The third kappa shape index (κ3) is 4.97. The van der Waals surface area contributed by atoms with Gasteiger partial charge in [0.2, 0.25) is 0 Å². The van der Waals surface area contributed by atoms with Crippen LogP contribution in [0.5, 0.6) is 17.2 Å². The number of benzene rings is 2. The summed E-state index contributed by atoms with van der Waals surface area (Å²) in [5, 5.41) is 6.23. The van der Waals surface area contributed by atoms with Crippen LogP contribution in [0.1, 0.15) is 5.56 Å². The summed E-state index contributed by atoms with van der Waals surface area (Å²) in [4.78, 5) is 23.6. The molecule has 0 aliphatic carbocycles. The lowest BCUT2D eigenvalue weighted by Gasteiger charge is -2.07. The number of rotatable bonds is 6. The van der Waals surface area contributed by atoms with E-state index >= 15 is 0 Å². The van der Waals surface area contributed by atoms with Crippen LogP contribution in [-0.2, 0) is 9.59 Å². The fraction of sp³-hybridized carbons (Fsp3) is 0.167. The lowest BCUT2D eigenvalue weighted by molar-refractivity contribution is -0.136. The van der Waals surface area contributed by atoms with E-state index in [0.717, 1.165) is 0 Å². The fourth-order valence-corrected chi connectivity index (χ4v) is 2.00. The average Bonchev–Trinajstić information content (AvgIpc) is 2.68. The Labute approximate surface area is 150 Å². The molecule has 0 aromatic heterocycles. The summed E-state index contributed by atoms with van der Waals surface area (Å²) in [5.41, 5.74) is 3.24. The van der Waals surface area contributed by atoms with Gasteiger partial charge >= 0.3 is 11.8 Å². The van der Waals surface area contributed by atoms with Gasteiger partial charge in [0.05, 0.1) is 27.5 Å². The number of anilines is 1. The second-order valence-corrected chi connectivity index (χ2v) is 4.99. The number of hydrogen-bond donors (Lipinski definition) is 2. The number of carbonyl (C=O) groups excluding carboxylic acids is 2. The summed E-state index contributed by atoms with van der Waals surface area (Å²) in [6, 6.07) is 11.7. The Morgan fingerprint density at radius 2 is 1.54 bits per heavy atom. The maximum atomic E-state index is 11.8. The number of nitrogens with one attached hydrogen (secondary N) is 2. The summed E-state index contributed by atoms with van der Waals surface area (Å²) in [7, 11) is 4.59. The van der Waals surface area contributed by atoms with E-state index in [1.54, 1.807) is 49.6 Å². The molecule has 136 valence electrons. The molecule has 0 heterocycles. The molecular formula is C18H19N3O5. The van der Waals surface area contributed by atoms with Crippen LogP contribution in [0, 0.1) is 0 Å². The zero-order valence-electron chi connectivity index (χ0n) is 14.6. The molecule has 8 heteroatoms. The monoisotopic (exact) mass is 357 g/mol. The van der Waals surface area contributed by atoms with Crippen molar-refractivity contribution in [3.05, 3.63) is 48.0 Å². The summed E-state index contributed by atoms with van der Waals surface area (Å²) in [5.74, 6) is 0.0518. The lowest BCUT2D eigenvalue weighted by Crippen LogP contribution is -2.32. The van der Waals surface area contributed by atoms with E-state index in [0.29, 0.717) is 28.5 Å². The Morgan fingerprint density at radius 1 is 0.885 bits per heavy atom. The molecule has 2 N–H and O–H groups in total. The fourth-order valence-electron chi connectivity index (χ4n) is 2.00. The molecule has 8 nitrogen and oxygen atoms in total. The summed E-state index contributed by atoms with van der Waals surface area (Å²) in [6.45, 7) is 0. The van der Waals surface area contributed by atoms with Crippen LogP contribution in [0.15, 0.2) is 47.6 Å². The van der Waals surface area contributed by atoms with Gasteiger partial charge < -0.3 is 19.5 Å². The van der Waals surface area contributed by atoms with Crippen LogP contribution in [0.4, 0.5) is 5.69 Å². The number of carbonyl (C=O) groups is 2. The lowest BCUT2D eigenvalue weighted by atomic mass is 10.2. The van der Waals surface area contributed by atoms with Gasteiger partial charge in [0.1, 0.15) is 17.2 Å². The SMILES string of the molecule is COc1ccc(NC(=O)C(=O)N/N=C\c2ccc(OC)cc2OC)cc1. The Balaban J connectivity index is 1.94. The largest absolute Gasteiger partial charge is 0.497 e. The van der Waals surface area contributed by atoms with Crippen LogP contribution in [-0.4, -0.2) is 39.4 Å². The van der Waals surface area contributed by atoms with Crippen molar-refractivity contribution in [2.75, 3.05) is 26.6 Å². The molecule has 0 fully saturated rings. The van der Waals surface area contributed by atoms with Crippen LogP contribution >= 0.6 is 0 Å². The zero-order chi connectivity index (χ0) is 18.9. The molecule has 0 radical (unpaired) electrons. The standard InChI is InChI=1S/C18H19N3O5/c1-24-14-8-5-13(6-9-14)20-17(22)18(23)21-19-11-12-4-7-15(25-2)10-16(12)26-3/h4-11H,1-3H3,(H,20,22)(H,21,23)/b19-11-. The van der Waals surface area contributed by atoms with E-state index in [4.69, 9.17) is 14.2 Å². The van der Waals surface area contributed by atoms with Crippen molar-refractivity contribution in [2.24, 2.45) is 5.10 Å². The van der Waals surface area contributed by atoms with E-state index in [9.17, 15) is 9.59 Å². The minimum absolute atomic E-state index is 0.465. The highest BCUT2D eigenvalue weighted by atomic mass is 16.5. The van der Waals surface area contributed by atoms with Gasteiger partial charge in [-0.1, -0.05) is 0 Å². The van der Waals surface area contributed by atoms with Crippen LogP contribution < -0.4 is 25.0 Å². The molecule has 0 spiro atoms. The van der Waals surface area contributed by atoms with Crippen LogP contribution in [0.2, 0.25) is 0 Å². The number of amides is 2. The topological polar surface area (TPSA) is 98.2 Å². The number of methoxy groups -OCH3 is 3. The molecule has 0 unspecified atom stereocenters. The molecule has 2 aromatic carbocycles. The molecule has 0 saturated heterocycles. The minimum Gasteiger partial charge on any atom is -0.497 e. The number of nitrogens with zero attached hydrogens (tertiary/aromatic N) is 1. The first-order chi connectivity index (χ1) is 12.6. The van der Waals surface area contributed by atoms with Crippen LogP contribution in [0.25, 0.3) is 0 Å². The van der Waals surface area contributed by atoms with E-state index < -0.39 is 11.8 Å². The first-order valence-electron chi connectivity index (χ1n) is 7.58.